The van der Waals surface area contributed by atoms with Crippen LogP contribution in [0.5, 0.6) is 0 Å². The van der Waals surface area contributed by atoms with Gasteiger partial charge in [0.15, 0.2) is 18.1 Å². The van der Waals surface area contributed by atoms with Gasteiger partial charge in [-0.2, -0.15) is 0 Å². The standard InChI is InChI=1S/C20H20N2O6S/c1-11-12(2)29-19(18(11)20(25)26-3)22-15(23)10-27-17(24)9-8-16-21-13-6-4-5-7-14(13)28-16/h4-7H,8-10H2,1-3H3,(H,22,23). The first-order valence-corrected chi connectivity index (χ1v) is 9.69. The summed E-state index contributed by atoms with van der Waals surface area (Å²) < 4.78 is 15.3. The third-order valence-electron chi connectivity index (χ3n) is 4.27. The van der Waals surface area contributed by atoms with E-state index in [1.54, 1.807) is 13.0 Å². The van der Waals surface area contributed by atoms with Crippen molar-refractivity contribution in [2.45, 2.75) is 26.7 Å². The van der Waals surface area contributed by atoms with E-state index in [1.807, 2.05) is 25.1 Å². The number of ether oxygens (including phenoxy) is 2. The van der Waals surface area contributed by atoms with Gasteiger partial charge in [0.2, 0.25) is 0 Å². The Kier molecular flexibility index (Phi) is 6.28. The summed E-state index contributed by atoms with van der Waals surface area (Å²) in [7, 11) is 1.28. The molecule has 2 heterocycles. The molecule has 0 fully saturated rings. The molecule has 8 nitrogen and oxygen atoms in total. The second kappa shape index (κ2) is 8.87. The van der Waals surface area contributed by atoms with Crippen molar-refractivity contribution in [3.8, 4) is 0 Å². The van der Waals surface area contributed by atoms with Crippen LogP contribution < -0.4 is 5.32 Å². The number of carbonyl (C=O) groups is 3. The zero-order valence-corrected chi connectivity index (χ0v) is 17.1. The summed E-state index contributed by atoms with van der Waals surface area (Å²) in [5.41, 5.74) is 2.43. The maximum absolute atomic E-state index is 12.1. The van der Waals surface area contributed by atoms with Crippen LogP contribution in [0.15, 0.2) is 28.7 Å². The molecule has 0 spiro atoms. The Labute approximate surface area is 170 Å². The number of aryl methyl sites for hydroxylation is 2. The molecule has 3 aromatic rings. The molecule has 0 radical (unpaired) electrons. The quantitative estimate of drug-likeness (QED) is 0.588. The first-order valence-electron chi connectivity index (χ1n) is 8.87. The van der Waals surface area contributed by atoms with Crippen molar-refractivity contribution < 1.29 is 28.3 Å². The fourth-order valence-electron chi connectivity index (χ4n) is 2.68. The van der Waals surface area contributed by atoms with Gasteiger partial charge >= 0.3 is 11.9 Å². The molecule has 1 aromatic carbocycles. The zero-order chi connectivity index (χ0) is 21.0. The number of rotatable bonds is 7. The van der Waals surface area contributed by atoms with Crippen LogP contribution in [0, 0.1) is 13.8 Å². The van der Waals surface area contributed by atoms with Crippen molar-refractivity contribution in [2.24, 2.45) is 0 Å². The number of amides is 1. The normalized spacial score (nSPS) is 10.7. The van der Waals surface area contributed by atoms with Crippen LogP contribution in [0.3, 0.4) is 0 Å². The van der Waals surface area contributed by atoms with Gasteiger partial charge in [0.1, 0.15) is 10.5 Å². The van der Waals surface area contributed by atoms with E-state index in [1.165, 1.54) is 18.4 Å². The molecule has 0 atom stereocenters. The van der Waals surface area contributed by atoms with E-state index in [2.05, 4.69) is 10.3 Å². The summed E-state index contributed by atoms with van der Waals surface area (Å²) in [6, 6.07) is 7.31. The van der Waals surface area contributed by atoms with Gasteiger partial charge < -0.3 is 19.2 Å². The number of carbonyl (C=O) groups excluding carboxylic acids is 3. The molecule has 0 aliphatic heterocycles. The van der Waals surface area contributed by atoms with Gasteiger partial charge in [-0.05, 0) is 31.5 Å². The summed E-state index contributed by atoms with van der Waals surface area (Å²) in [5, 5.41) is 2.98. The van der Waals surface area contributed by atoms with E-state index in [0.29, 0.717) is 22.0 Å². The summed E-state index contributed by atoms with van der Waals surface area (Å²) in [6.07, 6.45) is 0.301. The number of nitrogens with zero attached hydrogens (tertiary/aromatic N) is 1. The van der Waals surface area contributed by atoms with Crippen molar-refractivity contribution >= 4 is 45.3 Å². The van der Waals surface area contributed by atoms with Crippen molar-refractivity contribution in [3.05, 3.63) is 46.2 Å². The lowest BCUT2D eigenvalue weighted by atomic mass is 10.1. The van der Waals surface area contributed by atoms with Crippen molar-refractivity contribution in [2.75, 3.05) is 19.0 Å². The number of nitrogens with one attached hydrogen (secondary N) is 1. The SMILES string of the molecule is COC(=O)c1c(NC(=O)COC(=O)CCc2nc3ccccc3o2)sc(C)c1C. The zero-order valence-electron chi connectivity index (χ0n) is 16.2. The molecular formula is C20H20N2O6S. The number of thiophene rings is 1. The molecule has 1 N–H and O–H groups in total. The Morgan fingerprint density at radius 3 is 2.69 bits per heavy atom. The van der Waals surface area contributed by atoms with Crippen molar-refractivity contribution in [1.29, 1.82) is 0 Å². The maximum Gasteiger partial charge on any atom is 0.341 e. The van der Waals surface area contributed by atoms with E-state index in [4.69, 9.17) is 13.9 Å². The Hall–Kier alpha value is -3.20. The minimum absolute atomic E-state index is 0.0325. The topological polar surface area (TPSA) is 108 Å². The average Bonchev–Trinajstić information content (AvgIpc) is 3.24. The Balaban J connectivity index is 1.51. The van der Waals surface area contributed by atoms with Crippen LogP contribution in [0.1, 0.15) is 33.1 Å². The fraction of sp³-hybridized carbons (Fsp3) is 0.300. The van der Waals surface area contributed by atoms with Gasteiger partial charge in [-0.1, -0.05) is 12.1 Å². The van der Waals surface area contributed by atoms with Crippen LogP contribution in [-0.4, -0.2) is 36.5 Å². The molecular weight excluding hydrogens is 396 g/mol. The second-order valence-corrected chi connectivity index (χ2v) is 7.49. The average molecular weight is 416 g/mol. The molecule has 1 amide bonds. The lowest BCUT2D eigenvalue weighted by molar-refractivity contribution is -0.147. The number of oxazole rings is 1. The molecule has 0 aliphatic carbocycles. The highest BCUT2D eigenvalue weighted by atomic mass is 32.1. The Morgan fingerprint density at radius 1 is 1.21 bits per heavy atom. The molecule has 0 saturated heterocycles. The first-order chi connectivity index (χ1) is 13.9. The highest BCUT2D eigenvalue weighted by molar-refractivity contribution is 7.16. The smallest absolute Gasteiger partial charge is 0.341 e. The third kappa shape index (κ3) is 4.80. The Morgan fingerprint density at radius 2 is 1.97 bits per heavy atom. The van der Waals surface area contributed by atoms with Crippen LogP contribution in [0.4, 0.5) is 5.00 Å². The van der Waals surface area contributed by atoms with Crippen LogP contribution >= 0.6 is 11.3 Å². The summed E-state index contributed by atoms with van der Waals surface area (Å²) in [6.45, 7) is 3.16. The van der Waals surface area contributed by atoms with Gasteiger partial charge in [0, 0.05) is 11.3 Å². The van der Waals surface area contributed by atoms with E-state index in [9.17, 15) is 14.4 Å². The Bertz CT molecular complexity index is 1040. The summed E-state index contributed by atoms with van der Waals surface area (Å²) >= 11 is 1.26. The predicted molar refractivity (Wildman–Crippen MR) is 107 cm³/mol. The van der Waals surface area contributed by atoms with Crippen molar-refractivity contribution in [1.82, 2.24) is 4.98 Å². The number of anilines is 1. The van der Waals surface area contributed by atoms with E-state index in [0.717, 1.165) is 16.0 Å². The minimum atomic E-state index is -0.547. The number of para-hydroxylation sites is 2. The predicted octanol–water partition coefficient (Wildman–Crippen LogP) is 3.41. The largest absolute Gasteiger partial charge is 0.465 e. The molecule has 3 rings (SSSR count). The molecule has 0 aliphatic rings. The second-order valence-electron chi connectivity index (χ2n) is 6.26. The van der Waals surface area contributed by atoms with Crippen molar-refractivity contribution in [3.63, 3.8) is 0 Å². The van der Waals surface area contributed by atoms with Crippen LogP contribution in [0.25, 0.3) is 11.1 Å². The number of esters is 2. The number of hydrogen-bond donors (Lipinski definition) is 1. The molecule has 2 aromatic heterocycles. The highest BCUT2D eigenvalue weighted by Crippen LogP contribution is 2.32. The third-order valence-corrected chi connectivity index (χ3v) is 5.40. The molecule has 9 heteroatoms. The number of aromatic nitrogens is 1. The highest BCUT2D eigenvalue weighted by Gasteiger charge is 2.22. The van der Waals surface area contributed by atoms with Crippen LogP contribution in [-0.2, 0) is 25.5 Å². The molecule has 0 bridgehead atoms. The molecule has 29 heavy (non-hydrogen) atoms. The van der Waals surface area contributed by atoms with Gasteiger partial charge in [-0.15, -0.1) is 11.3 Å². The number of hydrogen-bond acceptors (Lipinski definition) is 8. The van der Waals surface area contributed by atoms with E-state index in [-0.39, 0.29) is 12.8 Å². The van der Waals surface area contributed by atoms with Gasteiger partial charge in [-0.25, -0.2) is 9.78 Å². The lowest BCUT2D eigenvalue weighted by Gasteiger charge is -2.07. The number of benzene rings is 1. The van der Waals surface area contributed by atoms with Gasteiger partial charge in [0.25, 0.3) is 5.91 Å². The fourth-order valence-corrected chi connectivity index (χ4v) is 3.74. The van der Waals surface area contributed by atoms with E-state index >= 15 is 0 Å². The molecule has 0 unspecified atom stereocenters. The van der Waals surface area contributed by atoms with Gasteiger partial charge in [0.05, 0.1) is 19.1 Å². The minimum Gasteiger partial charge on any atom is -0.465 e. The lowest BCUT2D eigenvalue weighted by Crippen LogP contribution is -2.21. The first kappa shape index (κ1) is 20.5. The number of fused-ring (bicyclic) bond motifs is 1. The summed E-state index contributed by atoms with van der Waals surface area (Å²) in [5.74, 6) is -1.18. The monoisotopic (exact) mass is 416 g/mol. The molecule has 0 saturated carbocycles. The van der Waals surface area contributed by atoms with Crippen LogP contribution in [0.2, 0.25) is 0 Å². The van der Waals surface area contributed by atoms with Gasteiger partial charge in [-0.3, -0.25) is 9.59 Å². The maximum atomic E-state index is 12.1. The number of methoxy groups -OCH3 is 1. The summed E-state index contributed by atoms with van der Waals surface area (Å²) in [4.78, 5) is 41.2. The molecule has 152 valence electrons. The van der Waals surface area contributed by atoms with E-state index < -0.39 is 24.5 Å².